The number of piperazine rings is 1. The van der Waals surface area contributed by atoms with E-state index in [2.05, 4.69) is 64.4 Å². The lowest BCUT2D eigenvalue weighted by Crippen LogP contribution is -2.60. The average Bonchev–Trinajstić information content (AvgIpc) is 2.90. The molecule has 0 aliphatic carbocycles. The summed E-state index contributed by atoms with van der Waals surface area (Å²) < 4.78 is 6.89. The number of rotatable bonds is 7. The Kier molecular flexibility index (Phi) is 7.60. The first kappa shape index (κ1) is 25.6. The quantitative estimate of drug-likeness (QED) is 0.438. The number of nitrogens with zero attached hydrogens (tertiary/aromatic N) is 6. The van der Waals surface area contributed by atoms with Gasteiger partial charge in [0, 0.05) is 38.3 Å². The van der Waals surface area contributed by atoms with E-state index in [-0.39, 0.29) is 23.8 Å². The smallest absolute Gasteiger partial charge is 0.350 e. The van der Waals surface area contributed by atoms with Crippen LogP contribution in [0.3, 0.4) is 0 Å². The molecule has 36 heavy (non-hydrogen) atoms. The van der Waals surface area contributed by atoms with Crippen LogP contribution in [0.2, 0.25) is 0 Å². The van der Waals surface area contributed by atoms with Crippen molar-refractivity contribution in [3.8, 4) is 5.75 Å². The SMILES string of the molecule is [C-]#[N+]c1ccc2c(n1)c(N1C[C@@H](CC)N(C(c3ccc(OC)cc3)C(C)C)C[C@@H]1CC)nc(=O)n2C. The first-order valence-corrected chi connectivity index (χ1v) is 12.7. The molecule has 0 saturated carbocycles. The van der Waals surface area contributed by atoms with Gasteiger partial charge >= 0.3 is 5.69 Å². The van der Waals surface area contributed by atoms with Gasteiger partial charge in [0.05, 0.1) is 12.6 Å². The highest BCUT2D eigenvalue weighted by atomic mass is 16.5. The molecule has 3 aromatic rings. The Hall–Kier alpha value is -3.44. The van der Waals surface area contributed by atoms with Gasteiger partial charge in [-0.1, -0.05) is 46.4 Å². The Bertz CT molecular complexity index is 1310. The average molecular weight is 489 g/mol. The summed E-state index contributed by atoms with van der Waals surface area (Å²) in [6.45, 7) is 18.0. The Balaban J connectivity index is 1.77. The van der Waals surface area contributed by atoms with Crippen molar-refractivity contribution in [2.24, 2.45) is 13.0 Å². The van der Waals surface area contributed by atoms with E-state index in [0.717, 1.165) is 31.7 Å². The lowest BCUT2D eigenvalue weighted by atomic mass is 9.90. The molecule has 4 rings (SSSR count). The van der Waals surface area contributed by atoms with Crippen molar-refractivity contribution in [1.29, 1.82) is 0 Å². The zero-order chi connectivity index (χ0) is 26.0. The number of hydrogen-bond donors (Lipinski definition) is 0. The van der Waals surface area contributed by atoms with Gasteiger partial charge in [0.2, 0.25) is 5.52 Å². The predicted octanol–water partition coefficient (Wildman–Crippen LogP) is 4.96. The van der Waals surface area contributed by atoms with Crippen molar-refractivity contribution < 1.29 is 4.74 Å². The highest BCUT2D eigenvalue weighted by Crippen LogP contribution is 2.37. The number of anilines is 1. The van der Waals surface area contributed by atoms with E-state index < -0.39 is 0 Å². The molecule has 190 valence electrons. The van der Waals surface area contributed by atoms with Gasteiger partial charge in [0.15, 0.2) is 5.82 Å². The number of aromatic nitrogens is 3. The number of ether oxygens (including phenoxy) is 1. The second kappa shape index (κ2) is 10.7. The van der Waals surface area contributed by atoms with Crippen molar-refractivity contribution in [3.05, 3.63) is 63.9 Å². The molecule has 0 radical (unpaired) electrons. The van der Waals surface area contributed by atoms with E-state index in [0.29, 0.717) is 28.6 Å². The van der Waals surface area contributed by atoms with Crippen LogP contribution in [0.5, 0.6) is 5.75 Å². The fourth-order valence-electron chi connectivity index (χ4n) is 5.51. The molecule has 1 aromatic carbocycles. The van der Waals surface area contributed by atoms with Crippen LogP contribution in [0.1, 0.15) is 52.1 Å². The maximum absolute atomic E-state index is 12.8. The molecule has 1 unspecified atom stereocenters. The number of benzene rings is 1. The third-order valence-corrected chi connectivity index (χ3v) is 7.43. The van der Waals surface area contributed by atoms with Crippen LogP contribution in [0.4, 0.5) is 11.6 Å². The lowest BCUT2D eigenvalue weighted by molar-refractivity contribution is 0.0673. The van der Waals surface area contributed by atoms with Crippen molar-refractivity contribution in [2.45, 2.75) is 58.7 Å². The molecule has 1 fully saturated rings. The molecule has 3 heterocycles. The van der Waals surface area contributed by atoms with Gasteiger partial charge in [0.25, 0.3) is 5.82 Å². The van der Waals surface area contributed by atoms with E-state index in [1.165, 1.54) is 10.1 Å². The third kappa shape index (κ3) is 4.68. The summed E-state index contributed by atoms with van der Waals surface area (Å²) in [5.41, 5.74) is 2.29. The molecule has 8 nitrogen and oxygen atoms in total. The zero-order valence-corrected chi connectivity index (χ0v) is 22.1. The van der Waals surface area contributed by atoms with Crippen LogP contribution in [0.15, 0.2) is 41.2 Å². The first-order valence-electron chi connectivity index (χ1n) is 12.7. The molecular formula is C28H36N6O2. The first-order chi connectivity index (χ1) is 17.3. The minimum absolute atomic E-state index is 0.161. The molecular weight excluding hydrogens is 452 g/mol. The van der Waals surface area contributed by atoms with Crippen LogP contribution in [0, 0.1) is 12.5 Å². The minimum atomic E-state index is -0.307. The normalized spacial score (nSPS) is 19.4. The van der Waals surface area contributed by atoms with Crippen LogP contribution in [0.25, 0.3) is 15.9 Å². The summed E-state index contributed by atoms with van der Waals surface area (Å²) in [5, 5.41) is 0. The zero-order valence-electron chi connectivity index (χ0n) is 22.1. The summed E-state index contributed by atoms with van der Waals surface area (Å²) in [4.78, 5) is 30.3. The fourth-order valence-corrected chi connectivity index (χ4v) is 5.51. The summed E-state index contributed by atoms with van der Waals surface area (Å²) in [7, 11) is 3.39. The number of methoxy groups -OCH3 is 1. The lowest BCUT2D eigenvalue weighted by Gasteiger charge is -2.50. The number of pyridine rings is 1. The van der Waals surface area contributed by atoms with Gasteiger partial charge in [-0.2, -0.15) is 4.98 Å². The van der Waals surface area contributed by atoms with Crippen molar-refractivity contribution in [1.82, 2.24) is 19.4 Å². The maximum Gasteiger partial charge on any atom is 0.350 e. The van der Waals surface area contributed by atoms with E-state index in [1.54, 1.807) is 26.3 Å². The van der Waals surface area contributed by atoms with E-state index in [4.69, 9.17) is 11.3 Å². The fraction of sp³-hybridized carbons (Fsp3) is 0.500. The topological polar surface area (TPSA) is 67.9 Å². The molecule has 2 aromatic heterocycles. The van der Waals surface area contributed by atoms with Gasteiger partial charge < -0.3 is 14.5 Å². The highest BCUT2D eigenvalue weighted by molar-refractivity contribution is 5.87. The van der Waals surface area contributed by atoms with Gasteiger partial charge in [-0.15, -0.1) is 4.98 Å². The molecule has 0 amide bonds. The molecule has 1 aliphatic heterocycles. The number of fused-ring (bicyclic) bond motifs is 1. The summed E-state index contributed by atoms with van der Waals surface area (Å²) in [6, 6.07) is 12.6. The second-order valence-corrected chi connectivity index (χ2v) is 9.86. The second-order valence-electron chi connectivity index (χ2n) is 9.86. The van der Waals surface area contributed by atoms with Crippen LogP contribution >= 0.6 is 0 Å². The molecule has 1 saturated heterocycles. The van der Waals surface area contributed by atoms with E-state index in [9.17, 15) is 4.79 Å². The predicted molar refractivity (Wildman–Crippen MR) is 144 cm³/mol. The van der Waals surface area contributed by atoms with Crippen molar-refractivity contribution >= 4 is 22.7 Å². The van der Waals surface area contributed by atoms with Crippen LogP contribution < -0.4 is 15.3 Å². The third-order valence-electron chi connectivity index (χ3n) is 7.43. The van der Waals surface area contributed by atoms with Gasteiger partial charge in [-0.3, -0.25) is 9.47 Å². The minimum Gasteiger partial charge on any atom is -0.497 e. The van der Waals surface area contributed by atoms with Gasteiger partial charge in [-0.05, 0) is 48.6 Å². The summed E-state index contributed by atoms with van der Waals surface area (Å²) >= 11 is 0. The van der Waals surface area contributed by atoms with E-state index >= 15 is 0 Å². The van der Waals surface area contributed by atoms with Crippen molar-refractivity contribution in [2.75, 3.05) is 25.1 Å². The van der Waals surface area contributed by atoms with Gasteiger partial charge in [-0.25, -0.2) is 4.79 Å². The number of hydrogen-bond acceptors (Lipinski definition) is 6. The van der Waals surface area contributed by atoms with Crippen LogP contribution in [-0.2, 0) is 7.05 Å². The molecule has 3 atom stereocenters. The Labute approximate surface area is 213 Å². The van der Waals surface area contributed by atoms with E-state index in [1.807, 2.05) is 12.1 Å². The van der Waals surface area contributed by atoms with Gasteiger partial charge in [0.1, 0.15) is 5.75 Å². The summed E-state index contributed by atoms with van der Waals surface area (Å²) in [6.07, 6.45) is 1.87. The highest BCUT2D eigenvalue weighted by Gasteiger charge is 2.39. The Morgan fingerprint density at radius 3 is 2.33 bits per heavy atom. The van der Waals surface area contributed by atoms with Crippen LogP contribution in [-0.4, -0.2) is 51.7 Å². The molecule has 1 aliphatic rings. The molecule has 0 bridgehead atoms. The molecule has 0 N–H and O–H groups in total. The van der Waals surface area contributed by atoms with Crippen molar-refractivity contribution in [3.63, 3.8) is 0 Å². The standard InChI is InChI=1S/C28H36N6O2/c1-8-20-17-34(27-25-23(32(6)28(35)31-27)14-15-24(29-5)30-25)21(9-2)16-33(20)26(18(3)4)19-10-12-22(36-7)13-11-19/h10-15,18,20-21,26H,8-9,16-17H2,1-4,6-7H3/t20-,21+,26?/m1/s1. The number of aryl methyl sites for hydroxylation is 1. The maximum atomic E-state index is 12.8. The molecule has 8 heteroatoms. The Morgan fingerprint density at radius 2 is 1.75 bits per heavy atom. The largest absolute Gasteiger partial charge is 0.497 e. The molecule has 0 spiro atoms. The monoisotopic (exact) mass is 488 g/mol. The Morgan fingerprint density at radius 1 is 1.06 bits per heavy atom. The summed E-state index contributed by atoms with van der Waals surface area (Å²) in [5.74, 6) is 2.18.